The minimum atomic E-state index is -0.564. The Balaban J connectivity index is 1.33. The van der Waals surface area contributed by atoms with Crippen molar-refractivity contribution in [1.29, 1.82) is 0 Å². The molecular formula is C27H34FN5O. The third-order valence-electron chi connectivity index (χ3n) is 7.57. The third-order valence-corrected chi connectivity index (χ3v) is 7.57. The van der Waals surface area contributed by atoms with E-state index in [-0.39, 0.29) is 23.7 Å². The van der Waals surface area contributed by atoms with Gasteiger partial charge in [0.1, 0.15) is 5.83 Å². The van der Waals surface area contributed by atoms with Crippen LogP contribution in [0.1, 0.15) is 50.5 Å². The molecule has 7 heteroatoms. The molecule has 0 aromatic carbocycles. The van der Waals surface area contributed by atoms with Crippen LogP contribution in [0.25, 0.3) is 0 Å². The van der Waals surface area contributed by atoms with E-state index in [1.165, 1.54) is 18.9 Å². The van der Waals surface area contributed by atoms with Crippen LogP contribution < -0.4 is 11.1 Å². The molecule has 3 N–H and O–H groups in total. The number of nitrogens with two attached hydrogens (primary N) is 1. The van der Waals surface area contributed by atoms with Gasteiger partial charge >= 0.3 is 0 Å². The summed E-state index contributed by atoms with van der Waals surface area (Å²) in [6.07, 6.45) is 15.6. The highest BCUT2D eigenvalue weighted by Gasteiger charge is 2.36. The van der Waals surface area contributed by atoms with E-state index >= 15 is 0 Å². The molecule has 1 amide bonds. The van der Waals surface area contributed by atoms with Gasteiger partial charge in [0.15, 0.2) is 0 Å². The molecule has 1 aliphatic heterocycles. The van der Waals surface area contributed by atoms with Crippen LogP contribution in [-0.2, 0) is 4.79 Å². The van der Waals surface area contributed by atoms with Gasteiger partial charge in [0, 0.05) is 37.6 Å². The van der Waals surface area contributed by atoms with E-state index in [0.29, 0.717) is 17.2 Å². The number of nitrogens with zero attached hydrogens (tertiary/aromatic N) is 3. The highest BCUT2D eigenvalue weighted by Crippen LogP contribution is 2.39. The summed E-state index contributed by atoms with van der Waals surface area (Å²) in [6, 6.07) is 1.58. The van der Waals surface area contributed by atoms with Gasteiger partial charge in [-0.25, -0.2) is 4.39 Å². The molecule has 2 heterocycles. The van der Waals surface area contributed by atoms with Gasteiger partial charge in [-0.15, -0.1) is 0 Å². The van der Waals surface area contributed by atoms with Crippen molar-refractivity contribution in [3.8, 4) is 0 Å². The molecule has 6 nitrogen and oxygen atoms in total. The molecule has 0 spiro atoms. The molecule has 180 valence electrons. The molecule has 4 aliphatic rings. The molecule has 1 aromatic heterocycles. The Hall–Kier alpha value is -2.80. The Bertz CT molecular complexity index is 1060. The Morgan fingerprint density at radius 3 is 2.85 bits per heavy atom. The van der Waals surface area contributed by atoms with E-state index < -0.39 is 12.0 Å². The van der Waals surface area contributed by atoms with Gasteiger partial charge in [-0.1, -0.05) is 6.92 Å². The topological polar surface area (TPSA) is 83.6 Å². The van der Waals surface area contributed by atoms with Gasteiger partial charge in [0.05, 0.1) is 29.5 Å². The minimum absolute atomic E-state index is 0.163. The summed E-state index contributed by atoms with van der Waals surface area (Å²) in [5.41, 5.74) is 9.43. The standard InChI is InChI=1S/C27H34FN5O/c1-16-9-18(11-19(29)10-16)21-7-8-30-14-25(21)32-27(34)22-5-6-24(28)23-12-20(13-31-26(22)23)33(2)15-17-3-4-17/h5-8,12-14,16-19,23,26H,3-4,9-11,15,29H2,1-2H3,(H,32,34)/t16-,18+,19-,23?,26?/m0/s1. The van der Waals surface area contributed by atoms with E-state index in [9.17, 15) is 9.18 Å². The second kappa shape index (κ2) is 9.45. The van der Waals surface area contributed by atoms with Gasteiger partial charge in [0.25, 0.3) is 5.91 Å². The van der Waals surface area contributed by atoms with Crippen molar-refractivity contribution in [2.24, 2.45) is 28.5 Å². The molecule has 5 rings (SSSR count). The smallest absolute Gasteiger partial charge is 0.253 e. The Labute approximate surface area is 200 Å². The van der Waals surface area contributed by atoms with E-state index in [4.69, 9.17) is 5.73 Å². The average Bonchev–Trinajstić information content (AvgIpc) is 3.63. The number of pyridine rings is 1. The summed E-state index contributed by atoms with van der Waals surface area (Å²) in [4.78, 5) is 24.4. The normalized spacial score (nSPS) is 30.6. The van der Waals surface area contributed by atoms with Crippen molar-refractivity contribution in [1.82, 2.24) is 9.88 Å². The first kappa shape index (κ1) is 23.0. The highest BCUT2D eigenvalue weighted by molar-refractivity contribution is 6.06. The number of hydrogen-bond acceptors (Lipinski definition) is 5. The van der Waals surface area contributed by atoms with Crippen molar-refractivity contribution in [3.05, 3.63) is 59.3 Å². The number of nitrogens with one attached hydrogen (secondary N) is 1. The molecule has 1 aromatic rings. The van der Waals surface area contributed by atoms with E-state index in [2.05, 4.69) is 27.1 Å². The predicted molar refractivity (Wildman–Crippen MR) is 133 cm³/mol. The summed E-state index contributed by atoms with van der Waals surface area (Å²) in [5.74, 6) is 0.460. The third kappa shape index (κ3) is 4.85. The SMILES string of the molecule is C[C@@H]1C[C@H](N)C[C@H](c2ccncc2NC(=O)C2=CC=C(F)C3C=C(N(C)CC4CC4)C=NC23)C1. The number of aromatic nitrogens is 1. The molecular weight excluding hydrogens is 429 g/mol. The summed E-state index contributed by atoms with van der Waals surface area (Å²) < 4.78 is 14.8. The first-order chi connectivity index (χ1) is 16.4. The van der Waals surface area contributed by atoms with Gasteiger partial charge in [-0.2, -0.15) is 0 Å². The van der Waals surface area contributed by atoms with Crippen LogP contribution in [-0.4, -0.2) is 47.7 Å². The maximum atomic E-state index is 14.8. The minimum Gasteiger partial charge on any atom is -0.373 e. The number of rotatable bonds is 6. The maximum absolute atomic E-state index is 14.8. The number of aliphatic imine (C=N–C) groups is 1. The first-order valence-electron chi connectivity index (χ1n) is 12.4. The zero-order valence-corrected chi connectivity index (χ0v) is 20.0. The number of anilines is 1. The van der Waals surface area contributed by atoms with Crippen LogP contribution >= 0.6 is 0 Å². The molecule has 0 radical (unpaired) electrons. The van der Waals surface area contributed by atoms with Crippen molar-refractivity contribution < 1.29 is 9.18 Å². The molecule has 2 fully saturated rings. The Kier molecular flexibility index (Phi) is 6.38. The van der Waals surface area contributed by atoms with Gasteiger partial charge in [-0.05, 0) is 79.7 Å². The van der Waals surface area contributed by atoms with Crippen molar-refractivity contribution >= 4 is 17.8 Å². The van der Waals surface area contributed by atoms with Crippen LogP contribution in [0.2, 0.25) is 0 Å². The lowest BCUT2D eigenvalue weighted by Gasteiger charge is -2.33. The molecule has 0 saturated heterocycles. The van der Waals surface area contributed by atoms with Crippen molar-refractivity contribution in [3.63, 3.8) is 0 Å². The number of hydrogen-bond donors (Lipinski definition) is 2. The lowest BCUT2D eigenvalue weighted by atomic mass is 9.76. The molecule has 34 heavy (non-hydrogen) atoms. The number of fused-ring (bicyclic) bond motifs is 1. The quantitative estimate of drug-likeness (QED) is 0.657. The van der Waals surface area contributed by atoms with Gasteiger partial charge in [-0.3, -0.25) is 14.8 Å². The lowest BCUT2D eigenvalue weighted by Crippen LogP contribution is -2.35. The zero-order valence-electron chi connectivity index (χ0n) is 20.0. The largest absolute Gasteiger partial charge is 0.373 e. The van der Waals surface area contributed by atoms with Crippen molar-refractivity contribution in [2.75, 3.05) is 18.9 Å². The van der Waals surface area contributed by atoms with Crippen LogP contribution in [0.5, 0.6) is 0 Å². The molecule has 5 atom stereocenters. The van der Waals surface area contributed by atoms with E-state index in [1.54, 1.807) is 24.7 Å². The Morgan fingerprint density at radius 2 is 2.09 bits per heavy atom. The number of carbonyl (C=O) groups excluding carboxylic acids is 1. The second-order valence-electron chi connectivity index (χ2n) is 10.5. The van der Waals surface area contributed by atoms with Crippen LogP contribution in [0.4, 0.5) is 10.1 Å². The first-order valence-corrected chi connectivity index (χ1v) is 12.4. The fourth-order valence-corrected chi connectivity index (χ4v) is 5.65. The molecule has 2 saturated carbocycles. The Morgan fingerprint density at radius 1 is 1.26 bits per heavy atom. The van der Waals surface area contributed by atoms with Crippen LogP contribution in [0.3, 0.4) is 0 Å². The van der Waals surface area contributed by atoms with E-state index in [0.717, 1.165) is 43.0 Å². The monoisotopic (exact) mass is 463 g/mol. The number of amides is 1. The van der Waals surface area contributed by atoms with Crippen LogP contribution in [0.15, 0.2) is 58.8 Å². The average molecular weight is 464 g/mol. The maximum Gasteiger partial charge on any atom is 0.253 e. The lowest BCUT2D eigenvalue weighted by molar-refractivity contribution is -0.113. The number of carbonyl (C=O) groups is 1. The second-order valence-corrected chi connectivity index (χ2v) is 10.5. The molecule has 0 bridgehead atoms. The summed E-state index contributed by atoms with van der Waals surface area (Å²) in [7, 11) is 2.02. The number of allylic oxidation sites excluding steroid dienone is 3. The van der Waals surface area contributed by atoms with Gasteiger partial charge in [0.2, 0.25) is 0 Å². The summed E-state index contributed by atoms with van der Waals surface area (Å²) in [5, 5.41) is 3.06. The fourth-order valence-electron chi connectivity index (χ4n) is 5.65. The number of halogens is 1. The van der Waals surface area contributed by atoms with Crippen LogP contribution in [0, 0.1) is 17.8 Å². The molecule has 3 aliphatic carbocycles. The predicted octanol–water partition coefficient (Wildman–Crippen LogP) is 4.34. The fraction of sp³-hybridized carbons (Fsp3) is 0.519. The summed E-state index contributed by atoms with van der Waals surface area (Å²) in [6.45, 7) is 3.18. The zero-order chi connectivity index (χ0) is 23.8. The van der Waals surface area contributed by atoms with Gasteiger partial charge < -0.3 is 16.0 Å². The highest BCUT2D eigenvalue weighted by atomic mass is 19.1. The molecule has 2 unspecified atom stereocenters. The summed E-state index contributed by atoms with van der Waals surface area (Å²) >= 11 is 0. The van der Waals surface area contributed by atoms with E-state index in [1.807, 2.05) is 19.2 Å². The number of dihydropyridines is 1. The van der Waals surface area contributed by atoms with Crippen molar-refractivity contribution in [2.45, 2.75) is 57.0 Å².